The normalized spacial score (nSPS) is 17.4. The van der Waals surface area contributed by atoms with Gasteiger partial charge in [0.1, 0.15) is 11.6 Å². The molecule has 1 saturated heterocycles. The Morgan fingerprint density at radius 3 is 2.77 bits per heavy atom. The van der Waals surface area contributed by atoms with E-state index in [4.69, 9.17) is 4.52 Å². The van der Waals surface area contributed by atoms with E-state index in [9.17, 15) is 4.79 Å². The van der Waals surface area contributed by atoms with Gasteiger partial charge in [-0.15, -0.1) is 0 Å². The first-order valence-corrected chi connectivity index (χ1v) is 9.12. The molecule has 1 aliphatic rings. The van der Waals surface area contributed by atoms with E-state index in [1.807, 2.05) is 37.7 Å². The largest absolute Gasteiger partial charge is 0.361 e. The van der Waals surface area contributed by atoms with Crippen molar-refractivity contribution < 1.29 is 9.32 Å². The summed E-state index contributed by atoms with van der Waals surface area (Å²) in [7, 11) is 3.96. The Balaban J connectivity index is 1.65. The van der Waals surface area contributed by atoms with Crippen molar-refractivity contribution in [2.24, 2.45) is 5.92 Å². The maximum Gasteiger partial charge on any atom is 0.227 e. The summed E-state index contributed by atoms with van der Waals surface area (Å²) in [4.78, 5) is 25.7. The molecular weight excluding hydrogens is 330 g/mol. The monoisotopic (exact) mass is 357 g/mol. The molecule has 0 radical (unpaired) electrons. The third kappa shape index (κ3) is 4.03. The van der Waals surface area contributed by atoms with Crippen molar-refractivity contribution in [3.8, 4) is 0 Å². The molecule has 0 unspecified atom stereocenters. The Bertz CT molecular complexity index is 752. The molecule has 140 valence electrons. The van der Waals surface area contributed by atoms with Gasteiger partial charge >= 0.3 is 0 Å². The van der Waals surface area contributed by atoms with Gasteiger partial charge in [0.2, 0.25) is 5.91 Å². The maximum absolute atomic E-state index is 12.8. The second-order valence-electron chi connectivity index (χ2n) is 7.25. The van der Waals surface area contributed by atoms with E-state index < -0.39 is 0 Å². The first-order valence-electron chi connectivity index (χ1n) is 9.12. The number of likely N-dealkylation sites (tertiary alicyclic amines) is 1. The van der Waals surface area contributed by atoms with Crippen LogP contribution in [0.15, 0.2) is 16.9 Å². The molecule has 0 aliphatic carbocycles. The van der Waals surface area contributed by atoms with Crippen LogP contribution in [-0.2, 0) is 17.6 Å². The van der Waals surface area contributed by atoms with Gasteiger partial charge in [-0.1, -0.05) is 5.16 Å². The molecule has 7 nitrogen and oxygen atoms in total. The van der Waals surface area contributed by atoms with E-state index in [-0.39, 0.29) is 5.91 Å². The van der Waals surface area contributed by atoms with E-state index in [0.29, 0.717) is 12.3 Å². The number of anilines is 1. The molecule has 7 heteroatoms. The van der Waals surface area contributed by atoms with Crippen molar-refractivity contribution in [3.63, 3.8) is 0 Å². The molecule has 0 N–H and O–H groups in total. The molecule has 1 fully saturated rings. The SMILES string of the molecule is Cc1noc(C)c1CC(=O)N1CCC[C@@H](Cc2nccnc2N(C)C)C1. The van der Waals surface area contributed by atoms with Gasteiger partial charge in [-0.25, -0.2) is 4.98 Å². The summed E-state index contributed by atoms with van der Waals surface area (Å²) in [5.41, 5.74) is 2.73. The van der Waals surface area contributed by atoms with Gasteiger partial charge in [-0.05, 0) is 39.0 Å². The van der Waals surface area contributed by atoms with Gasteiger partial charge in [0.05, 0.1) is 17.8 Å². The summed E-state index contributed by atoms with van der Waals surface area (Å²) in [6, 6.07) is 0. The first-order chi connectivity index (χ1) is 12.5. The number of carbonyl (C=O) groups excluding carboxylic acids is 1. The van der Waals surface area contributed by atoms with Crippen LogP contribution in [0.5, 0.6) is 0 Å². The highest BCUT2D eigenvalue weighted by molar-refractivity contribution is 5.79. The molecule has 1 atom stereocenters. The van der Waals surface area contributed by atoms with Gasteiger partial charge in [-0.3, -0.25) is 9.78 Å². The minimum atomic E-state index is 0.149. The summed E-state index contributed by atoms with van der Waals surface area (Å²) in [6.45, 7) is 5.33. The summed E-state index contributed by atoms with van der Waals surface area (Å²) in [5, 5.41) is 3.95. The number of aromatic nitrogens is 3. The smallest absolute Gasteiger partial charge is 0.227 e. The fourth-order valence-electron chi connectivity index (χ4n) is 3.63. The lowest BCUT2D eigenvalue weighted by atomic mass is 9.92. The van der Waals surface area contributed by atoms with Crippen LogP contribution in [0.2, 0.25) is 0 Å². The molecule has 0 bridgehead atoms. The molecule has 0 spiro atoms. The second-order valence-corrected chi connectivity index (χ2v) is 7.25. The third-order valence-electron chi connectivity index (χ3n) is 5.04. The number of amides is 1. The average Bonchev–Trinajstić information content (AvgIpc) is 2.94. The van der Waals surface area contributed by atoms with Crippen molar-refractivity contribution >= 4 is 11.7 Å². The number of nitrogens with zero attached hydrogens (tertiary/aromatic N) is 5. The van der Waals surface area contributed by atoms with E-state index >= 15 is 0 Å². The predicted molar refractivity (Wildman–Crippen MR) is 99.0 cm³/mol. The molecule has 0 saturated carbocycles. The Kier molecular flexibility index (Phi) is 5.54. The Morgan fingerprint density at radius 2 is 2.08 bits per heavy atom. The number of rotatable bonds is 5. The molecule has 3 heterocycles. The van der Waals surface area contributed by atoms with Crippen LogP contribution >= 0.6 is 0 Å². The van der Waals surface area contributed by atoms with Crippen LogP contribution in [0.25, 0.3) is 0 Å². The van der Waals surface area contributed by atoms with Gasteiger partial charge in [-0.2, -0.15) is 0 Å². The summed E-state index contributed by atoms with van der Waals surface area (Å²) in [5.74, 6) is 2.20. The van der Waals surface area contributed by atoms with E-state index in [1.165, 1.54) is 0 Å². The molecular formula is C19H27N5O2. The van der Waals surface area contributed by atoms with Crippen molar-refractivity contribution in [3.05, 3.63) is 35.1 Å². The van der Waals surface area contributed by atoms with E-state index in [1.54, 1.807) is 12.4 Å². The van der Waals surface area contributed by atoms with Crippen LogP contribution in [0.3, 0.4) is 0 Å². The number of aryl methyl sites for hydroxylation is 2. The zero-order chi connectivity index (χ0) is 18.7. The zero-order valence-corrected chi connectivity index (χ0v) is 16.0. The summed E-state index contributed by atoms with van der Waals surface area (Å²) in [6.07, 6.45) is 6.80. The van der Waals surface area contributed by atoms with Gasteiger partial charge < -0.3 is 14.3 Å². The van der Waals surface area contributed by atoms with Crippen molar-refractivity contribution in [2.45, 2.75) is 39.5 Å². The quantitative estimate of drug-likeness (QED) is 0.816. The van der Waals surface area contributed by atoms with Crippen molar-refractivity contribution in [2.75, 3.05) is 32.1 Å². The highest BCUT2D eigenvalue weighted by Gasteiger charge is 2.26. The fourth-order valence-corrected chi connectivity index (χ4v) is 3.63. The van der Waals surface area contributed by atoms with Crippen LogP contribution in [0.1, 0.15) is 35.6 Å². The van der Waals surface area contributed by atoms with Crippen LogP contribution in [0, 0.1) is 19.8 Å². The van der Waals surface area contributed by atoms with Gasteiger partial charge in [0.15, 0.2) is 0 Å². The predicted octanol–water partition coefficient (Wildman–Crippen LogP) is 2.17. The number of hydrogen-bond acceptors (Lipinski definition) is 6. The molecule has 1 aliphatic heterocycles. The minimum absolute atomic E-state index is 0.149. The van der Waals surface area contributed by atoms with Crippen LogP contribution in [-0.4, -0.2) is 53.1 Å². The molecule has 26 heavy (non-hydrogen) atoms. The lowest BCUT2D eigenvalue weighted by Gasteiger charge is -2.33. The van der Waals surface area contributed by atoms with Crippen molar-refractivity contribution in [1.29, 1.82) is 0 Å². The minimum Gasteiger partial charge on any atom is -0.361 e. The van der Waals surface area contributed by atoms with E-state index in [0.717, 1.165) is 60.9 Å². The molecule has 0 aromatic carbocycles. The van der Waals surface area contributed by atoms with E-state index in [2.05, 4.69) is 15.1 Å². The standard InChI is InChI=1S/C19H27N5O2/c1-13-16(14(2)26-22-13)11-18(25)24-9-5-6-15(12-24)10-17-19(23(3)4)21-8-7-20-17/h7-8,15H,5-6,9-12H2,1-4H3/t15-/m0/s1. The molecule has 2 aromatic rings. The Hall–Kier alpha value is -2.44. The van der Waals surface area contributed by atoms with Crippen molar-refractivity contribution in [1.82, 2.24) is 20.0 Å². The molecule has 3 rings (SSSR count). The highest BCUT2D eigenvalue weighted by Crippen LogP contribution is 2.24. The molecule has 2 aromatic heterocycles. The number of carbonyl (C=O) groups is 1. The lowest BCUT2D eigenvalue weighted by molar-refractivity contribution is -0.132. The number of hydrogen-bond donors (Lipinski definition) is 0. The van der Waals surface area contributed by atoms with Gasteiger partial charge in [0.25, 0.3) is 0 Å². The Morgan fingerprint density at radius 1 is 1.31 bits per heavy atom. The molecule has 1 amide bonds. The summed E-state index contributed by atoms with van der Waals surface area (Å²) < 4.78 is 5.18. The maximum atomic E-state index is 12.8. The Labute approximate surface area is 154 Å². The second kappa shape index (κ2) is 7.85. The average molecular weight is 357 g/mol. The zero-order valence-electron chi connectivity index (χ0n) is 16.0. The highest BCUT2D eigenvalue weighted by atomic mass is 16.5. The van der Waals surface area contributed by atoms with Gasteiger partial charge in [0, 0.05) is 45.1 Å². The van der Waals surface area contributed by atoms with Crippen LogP contribution < -0.4 is 4.90 Å². The first kappa shape index (κ1) is 18.4. The third-order valence-corrected chi connectivity index (χ3v) is 5.04. The van der Waals surface area contributed by atoms with Crippen LogP contribution in [0.4, 0.5) is 5.82 Å². The number of piperidine rings is 1. The summed E-state index contributed by atoms with van der Waals surface area (Å²) >= 11 is 0. The topological polar surface area (TPSA) is 75.4 Å². The lowest BCUT2D eigenvalue weighted by Crippen LogP contribution is -2.41. The fraction of sp³-hybridized carbons (Fsp3) is 0.579.